The summed E-state index contributed by atoms with van der Waals surface area (Å²) >= 11 is 0. The number of nitrogens with one attached hydrogen (secondary N) is 1. The second-order valence-electron chi connectivity index (χ2n) is 10.3. The van der Waals surface area contributed by atoms with Crippen molar-refractivity contribution in [1.29, 1.82) is 0 Å². The van der Waals surface area contributed by atoms with Crippen molar-refractivity contribution in [1.82, 2.24) is 4.90 Å². The van der Waals surface area contributed by atoms with Gasteiger partial charge in [-0.15, -0.1) is 0 Å². The fraction of sp³-hybridized carbons (Fsp3) is 0.708. The number of ether oxygens (including phenoxy) is 2. The molecular formula is C24H38N4O6. The predicted molar refractivity (Wildman–Crippen MR) is 130 cm³/mol. The molecule has 0 spiro atoms. The lowest BCUT2D eigenvalue weighted by atomic mass is 10.1. The van der Waals surface area contributed by atoms with Crippen LogP contribution in [0.2, 0.25) is 0 Å². The first kappa shape index (κ1) is 26.0. The van der Waals surface area contributed by atoms with Gasteiger partial charge in [-0.1, -0.05) is 0 Å². The number of nitro benzene ring substituents is 1. The van der Waals surface area contributed by atoms with E-state index in [2.05, 4.69) is 10.2 Å². The summed E-state index contributed by atoms with van der Waals surface area (Å²) in [6.45, 7) is 8.30. The van der Waals surface area contributed by atoms with Crippen molar-refractivity contribution in [3.8, 4) is 0 Å². The molecule has 1 aliphatic heterocycles. The number of carbonyl (C=O) groups is 1. The molecule has 10 nitrogen and oxygen atoms in total. The van der Waals surface area contributed by atoms with Gasteiger partial charge in [0.05, 0.1) is 17.6 Å². The van der Waals surface area contributed by atoms with Crippen LogP contribution >= 0.6 is 0 Å². The van der Waals surface area contributed by atoms with E-state index in [0.29, 0.717) is 50.3 Å². The highest BCUT2D eigenvalue weighted by atomic mass is 16.6. The zero-order valence-corrected chi connectivity index (χ0v) is 20.7. The van der Waals surface area contributed by atoms with Crippen molar-refractivity contribution in [2.24, 2.45) is 11.8 Å². The summed E-state index contributed by atoms with van der Waals surface area (Å²) in [5.41, 5.74) is 0.813. The first-order chi connectivity index (χ1) is 16.1. The Morgan fingerprint density at radius 3 is 2.62 bits per heavy atom. The lowest BCUT2D eigenvalue weighted by molar-refractivity contribution is -0.383. The Kier molecular flexibility index (Phi) is 8.59. The summed E-state index contributed by atoms with van der Waals surface area (Å²) < 4.78 is 10.9. The number of nitrogens with zero attached hydrogens (tertiary/aromatic N) is 3. The van der Waals surface area contributed by atoms with Crippen LogP contribution in [0.25, 0.3) is 0 Å². The molecule has 10 heteroatoms. The molecule has 2 fully saturated rings. The number of hydrogen-bond acceptors (Lipinski definition) is 8. The fourth-order valence-electron chi connectivity index (χ4n) is 4.79. The molecule has 0 unspecified atom stereocenters. The van der Waals surface area contributed by atoms with E-state index in [-0.39, 0.29) is 29.4 Å². The Labute approximate surface area is 201 Å². The van der Waals surface area contributed by atoms with Crippen molar-refractivity contribution >= 4 is 23.2 Å². The highest BCUT2D eigenvalue weighted by Crippen LogP contribution is 2.34. The van der Waals surface area contributed by atoms with Crippen molar-refractivity contribution in [3.05, 3.63) is 28.3 Å². The van der Waals surface area contributed by atoms with Crippen LogP contribution in [-0.2, 0) is 9.47 Å². The van der Waals surface area contributed by atoms with Crippen molar-refractivity contribution < 1.29 is 24.3 Å². The zero-order chi connectivity index (χ0) is 24.9. The smallest absolute Gasteiger partial charge is 0.410 e. The molecule has 1 aromatic carbocycles. The number of aliphatic hydroxyl groups excluding tert-OH is 1. The number of anilines is 2. The average molecular weight is 479 g/mol. The molecule has 190 valence electrons. The summed E-state index contributed by atoms with van der Waals surface area (Å²) in [7, 11) is 1.60. The number of methoxy groups -OCH3 is 1. The third-order valence-corrected chi connectivity index (χ3v) is 6.50. The molecular weight excluding hydrogens is 440 g/mol. The van der Waals surface area contributed by atoms with Gasteiger partial charge in [-0.3, -0.25) is 15.0 Å². The quantitative estimate of drug-likeness (QED) is 0.431. The Bertz CT molecular complexity index is 858. The van der Waals surface area contributed by atoms with Crippen LogP contribution in [0, 0.1) is 22.0 Å². The molecule has 1 saturated carbocycles. The number of piperazine rings is 1. The molecule has 34 heavy (non-hydrogen) atoms. The van der Waals surface area contributed by atoms with Gasteiger partial charge in [0, 0.05) is 51.6 Å². The van der Waals surface area contributed by atoms with E-state index in [1.54, 1.807) is 18.1 Å². The third-order valence-electron chi connectivity index (χ3n) is 6.50. The van der Waals surface area contributed by atoms with E-state index in [1.807, 2.05) is 26.8 Å². The van der Waals surface area contributed by atoms with Crippen LogP contribution in [0.5, 0.6) is 0 Å². The maximum Gasteiger partial charge on any atom is 0.410 e. The van der Waals surface area contributed by atoms with Crippen LogP contribution in [0.15, 0.2) is 18.2 Å². The zero-order valence-electron chi connectivity index (χ0n) is 20.7. The van der Waals surface area contributed by atoms with Gasteiger partial charge in [0.25, 0.3) is 5.69 Å². The first-order valence-electron chi connectivity index (χ1n) is 12.0. The van der Waals surface area contributed by atoms with E-state index in [1.165, 1.54) is 6.07 Å². The van der Waals surface area contributed by atoms with Crippen LogP contribution < -0.4 is 10.2 Å². The Morgan fingerprint density at radius 1 is 1.26 bits per heavy atom. The average Bonchev–Trinajstić information content (AvgIpc) is 3.24. The van der Waals surface area contributed by atoms with E-state index in [9.17, 15) is 20.0 Å². The lowest BCUT2D eigenvalue weighted by Crippen LogP contribution is -2.57. The fourth-order valence-corrected chi connectivity index (χ4v) is 4.79. The van der Waals surface area contributed by atoms with Crippen LogP contribution in [0.4, 0.5) is 21.9 Å². The third kappa shape index (κ3) is 6.73. The summed E-state index contributed by atoms with van der Waals surface area (Å²) in [4.78, 5) is 27.8. The van der Waals surface area contributed by atoms with E-state index < -0.39 is 5.60 Å². The molecule has 3 rings (SSSR count). The van der Waals surface area contributed by atoms with E-state index >= 15 is 0 Å². The normalized spacial score (nSPS) is 23.1. The lowest BCUT2D eigenvalue weighted by Gasteiger charge is -2.42. The minimum Gasteiger partial charge on any atom is -0.444 e. The van der Waals surface area contributed by atoms with Gasteiger partial charge >= 0.3 is 6.09 Å². The van der Waals surface area contributed by atoms with Crippen LogP contribution in [0.1, 0.15) is 40.0 Å². The molecule has 1 saturated heterocycles. The van der Waals surface area contributed by atoms with Gasteiger partial charge in [0.1, 0.15) is 11.3 Å². The number of hydrogen-bond donors (Lipinski definition) is 2. The predicted octanol–water partition coefficient (Wildman–Crippen LogP) is 3.49. The standard InChI is InChI=1S/C24H38N4O6/c1-24(2,3)34-23(30)27-10-9-26(14-20(27)16-33-4)19-7-8-22(28(31)32)21(12-19)25-13-17-5-6-18(11-17)15-29/h7-8,12,17-18,20,25,29H,5-6,9-11,13-16H2,1-4H3/t17-,18+,20+/m1/s1. The monoisotopic (exact) mass is 478 g/mol. The van der Waals surface area contributed by atoms with Gasteiger partial charge in [-0.05, 0) is 64.0 Å². The van der Waals surface area contributed by atoms with Crippen molar-refractivity contribution in [2.45, 2.75) is 51.7 Å². The second-order valence-corrected chi connectivity index (χ2v) is 10.3. The van der Waals surface area contributed by atoms with Crippen LogP contribution in [0.3, 0.4) is 0 Å². The van der Waals surface area contributed by atoms with Crippen LogP contribution in [-0.4, -0.2) is 79.2 Å². The Morgan fingerprint density at radius 2 is 2.00 bits per heavy atom. The van der Waals surface area contributed by atoms with E-state index in [4.69, 9.17) is 9.47 Å². The number of aliphatic hydroxyl groups is 1. The number of rotatable bonds is 8. The summed E-state index contributed by atoms with van der Waals surface area (Å²) in [5, 5.41) is 24.3. The maximum absolute atomic E-state index is 12.7. The number of benzene rings is 1. The summed E-state index contributed by atoms with van der Waals surface area (Å²) in [6.07, 6.45) is 2.57. The summed E-state index contributed by atoms with van der Waals surface area (Å²) in [6, 6.07) is 4.92. The molecule has 1 heterocycles. The van der Waals surface area contributed by atoms with Gasteiger partial charge in [0.15, 0.2) is 0 Å². The van der Waals surface area contributed by atoms with Gasteiger partial charge < -0.3 is 24.8 Å². The number of nitro groups is 1. The molecule has 0 aromatic heterocycles. The van der Waals surface area contributed by atoms with Crippen molar-refractivity contribution in [2.75, 3.05) is 56.7 Å². The topological polar surface area (TPSA) is 117 Å². The van der Waals surface area contributed by atoms with Gasteiger partial charge in [-0.2, -0.15) is 0 Å². The highest BCUT2D eigenvalue weighted by molar-refractivity contribution is 5.71. The second kappa shape index (κ2) is 11.2. The Hall–Kier alpha value is -2.59. The first-order valence-corrected chi connectivity index (χ1v) is 12.0. The SMILES string of the molecule is COC[C@@H]1CN(c2ccc([N+](=O)[O-])c(NC[C@@H]3CC[C@H](CO)C3)c2)CCN1C(=O)OC(C)(C)C. The molecule has 3 atom stereocenters. The molecule has 1 amide bonds. The largest absolute Gasteiger partial charge is 0.444 e. The molecule has 1 aromatic rings. The molecule has 2 N–H and O–H groups in total. The number of amides is 1. The minimum absolute atomic E-state index is 0.0429. The van der Waals surface area contributed by atoms with E-state index in [0.717, 1.165) is 24.9 Å². The molecule has 0 radical (unpaired) electrons. The van der Waals surface area contributed by atoms with Gasteiger partial charge in [-0.25, -0.2) is 4.79 Å². The molecule has 1 aliphatic carbocycles. The molecule has 0 bridgehead atoms. The molecule has 2 aliphatic rings. The summed E-state index contributed by atoms with van der Waals surface area (Å²) in [5.74, 6) is 0.718. The van der Waals surface area contributed by atoms with Gasteiger partial charge in [0.2, 0.25) is 0 Å². The number of carbonyl (C=O) groups excluding carboxylic acids is 1. The van der Waals surface area contributed by atoms with Crippen molar-refractivity contribution in [3.63, 3.8) is 0 Å². The highest BCUT2D eigenvalue weighted by Gasteiger charge is 2.34. The maximum atomic E-state index is 12.7. The minimum atomic E-state index is -0.582. The Balaban J connectivity index is 1.72.